The number of aliphatic hydroxyl groups is 1. The van der Waals surface area contributed by atoms with Crippen LogP contribution in [0.25, 0.3) is 0 Å². The van der Waals surface area contributed by atoms with Crippen molar-refractivity contribution in [1.82, 2.24) is 0 Å². The number of aliphatic hydroxyl groups excluding tert-OH is 1. The van der Waals surface area contributed by atoms with Crippen molar-refractivity contribution >= 4 is 11.9 Å². The normalized spacial score (nSPS) is 34.7. The smallest absolute Gasteiger partial charge is 0.338 e. The molecule has 2 aromatic rings. The molecular formula is C30H38O9. The molecule has 4 unspecified atom stereocenters. The summed E-state index contributed by atoms with van der Waals surface area (Å²) >= 11 is 0. The van der Waals surface area contributed by atoms with Crippen LogP contribution in [0, 0.1) is 17.8 Å². The lowest BCUT2D eigenvalue weighted by Gasteiger charge is -2.48. The van der Waals surface area contributed by atoms with Gasteiger partial charge in [-0.1, -0.05) is 57.2 Å². The largest absolute Gasteiger partial charge is 0.459 e. The summed E-state index contributed by atoms with van der Waals surface area (Å²) in [6, 6.07) is 17.3. The molecular weight excluding hydrogens is 504 g/mol. The third-order valence-corrected chi connectivity index (χ3v) is 7.77. The van der Waals surface area contributed by atoms with Crippen LogP contribution in [-0.4, -0.2) is 73.9 Å². The molecule has 9 heteroatoms. The molecule has 2 fully saturated rings. The predicted octanol–water partition coefficient (Wildman–Crippen LogP) is 3.84. The van der Waals surface area contributed by atoms with Crippen LogP contribution in [0.1, 0.15) is 48.4 Å². The molecule has 1 N–H and O–H groups in total. The molecule has 2 aromatic carbocycles. The van der Waals surface area contributed by atoms with Gasteiger partial charge in [0.25, 0.3) is 0 Å². The summed E-state index contributed by atoms with van der Waals surface area (Å²) in [5.41, 5.74) is 0.809. The van der Waals surface area contributed by atoms with Gasteiger partial charge >= 0.3 is 11.9 Å². The van der Waals surface area contributed by atoms with Crippen LogP contribution < -0.4 is 0 Å². The summed E-state index contributed by atoms with van der Waals surface area (Å²) in [5.74, 6) is -1.65. The zero-order chi connectivity index (χ0) is 28.1. The highest BCUT2D eigenvalue weighted by Crippen LogP contribution is 2.37. The van der Waals surface area contributed by atoms with E-state index < -0.39 is 61.0 Å². The van der Waals surface area contributed by atoms with Crippen molar-refractivity contribution in [2.75, 3.05) is 13.7 Å². The van der Waals surface area contributed by atoms with Crippen molar-refractivity contribution < 1.29 is 43.1 Å². The molecule has 0 aliphatic carbocycles. The number of esters is 2. The molecule has 0 bridgehead atoms. The Bertz CT molecular complexity index is 1080. The molecule has 0 spiro atoms. The zero-order valence-electron chi connectivity index (χ0n) is 23.0. The van der Waals surface area contributed by atoms with Crippen LogP contribution in [0.3, 0.4) is 0 Å². The Morgan fingerprint density at radius 3 is 1.95 bits per heavy atom. The van der Waals surface area contributed by atoms with Crippen molar-refractivity contribution in [2.45, 2.75) is 70.8 Å². The number of carbonyl (C=O) groups is 2. The van der Waals surface area contributed by atoms with Gasteiger partial charge in [0.15, 0.2) is 18.7 Å². The Labute approximate surface area is 229 Å². The third-order valence-electron chi connectivity index (χ3n) is 7.77. The van der Waals surface area contributed by atoms with Crippen LogP contribution in [0.4, 0.5) is 0 Å². The number of rotatable bonds is 8. The molecule has 2 aliphatic heterocycles. The lowest BCUT2D eigenvalue weighted by atomic mass is 9.84. The first-order valence-electron chi connectivity index (χ1n) is 13.4. The monoisotopic (exact) mass is 542 g/mol. The Morgan fingerprint density at radius 1 is 0.769 bits per heavy atom. The molecule has 2 heterocycles. The highest BCUT2D eigenvalue weighted by Gasteiger charge is 2.49. The molecule has 2 aliphatic rings. The van der Waals surface area contributed by atoms with Crippen molar-refractivity contribution in [3.63, 3.8) is 0 Å². The highest BCUT2D eigenvalue weighted by molar-refractivity contribution is 5.89. The van der Waals surface area contributed by atoms with Gasteiger partial charge in [-0.25, -0.2) is 9.59 Å². The molecule has 4 rings (SSSR count). The standard InChI is InChI=1S/C30H38O9/c1-17-18(2)29(34-5)37-23(16-35-27(32)21-12-8-6-9-13-21)25(17)39-30-26(19(3)24(31)20(4)36-30)38-28(33)22-14-10-7-11-15-22/h6-15,17-20,23-26,29-31H,16H2,1-5H3/t17-,18?,19+,20?,23?,24+,25+,26?,29+,30+/m1/s1. The first-order valence-corrected chi connectivity index (χ1v) is 13.4. The molecule has 0 amide bonds. The van der Waals surface area contributed by atoms with Gasteiger partial charge in [-0.3, -0.25) is 0 Å². The Balaban J connectivity index is 1.54. The first kappa shape index (κ1) is 29.2. The van der Waals surface area contributed by atoms with Gasteiger partial charge in [-0.15, -0.1) is 0 Å². The van der Waals surface area contributed by atoms with Crippen molar-refractivity contribution in [3.8, 4) is 0 Å². The summed E-state index contributed by atoms with van der Waals surface area (Å²) in [4.78, 5) is 25.6. The van der Waals surface area contributed by atoms with Crippen molar-refractivity contribution in [3.05, 3.63) is 71.8 Å². The van der Waals surface area contributed by atoms with E-state index in [9.17, 15) is 14.7 Å². The topological polar surface area (TPSA) is 110 Å². The third kappa shape index (κ3) is 6.67. The van der Waals surface area contributed by atoms with Gasteiger partial charge in [0.05, 0.1) is 29.4 Å². The lowest BCUT2D eigenvalue weighted by molar-refractivity contribution is -0.334. The Kier molecular flexibility index (Phi) is 9.74. The van der Waals surface area contributed by atoms with Gasteiger partial charge in [0.2, 0.25) is 0 Å². The van der Waals surface area contributed by atoms with Gasteiger partial charge < -0.3 is 33.5 Å². The van der Waals surface area contributed by atoms with Gasteiger partial charge in [-0.2, -0.15) is 0 Å². The van der Waals surface area contributed by atoms with E-state index in [0.29, 0.717) is 11.1 Å². The summed E-state index contributed by atoms with van der Waals surface area (Å²) < 4.78 is 35.8. The van der Waals surface area contributed by atoms with E-state index in [1.165, 1.54) is 0 Å². The molecule has 0 aromatic heterocycles. The fourth-order valence-electron chi connectivity index (χ4n) is 5.12. The number of ether oxygens (including phenoxy) is 6. The van der Waals surface area contributed by atoms with E-state index in [1.807, 2.05) is 26.0 Å². The molecule has 10 atom stereocenters. The average Bonchev–Trinajstić information content (AvgIpc) is 2.96. The molecule has 212 valence electrons. The van der Waals surface area contributed by atoms with Crippen LogP contribution in [0.15, 0.2) is 60.7 Å². The second kappa shape index (κ2) is 13.0. The lowest BCUT2D eigenvalue weighted by Crippen LogP contribution is -2.59. The number of carbonyl (C=O) groups excluding carboxylic acids is 2. The minimum atomic E-state index is -0.985. The molecule has 9 nitrogen and oxygen atoms in total. The van der Waals surface area contributed by atoms with Crippen molar-refractivity contribution in [2.24, 2.45) is 17.8 Å². The maximum atomic E-state index is 12.9. The first-order chi connectivity index (χ1) is 18.7. The highest BCUT2D eigenvalue weighted by atomic mass is 16.7. The van der Waals surface area contributed by atoms with Crippen molar-refractivity contribution in [1.29, 1.82) is 0 Å². The quantitative estimate of drug-likeness (QED) is 0.498. The summed E-state index contributed by atoms with van der Waals surface area (Å²) in [6.07, 6.45) is -5.10. The number of methoxy groups -OCH3 is 1. The summed E-state index contributed by atoms with van der Waals surface area (Å²) in [7, 11) is 1.57. The molecule has 39 heavy (non-hydrogen) atoms. The number of benzene rings is 2. The second-order valence-electron chi connectivity index (χ2n) is 10.4. The maximum absolute atomic E-state index is 12.9. The van der Waals surface area contributed by atoms with Crippen LogP contribution >= 0.6 is 0 Å². The maximum Gasteiger partial charge on any atom is 0.338 e. The fourth-order valence-corrected chi connectivity index (χ4v) is 5.12. The van der Waals surface area contributed by atoms with Crippen LogP contribution in [0.5, 0.6) is 0 Å². The van der Waals surface area contributed by atoms with E-state index in [2.05, 4.69) is 0 Å². The number of hydrogen-bond donors (Lipinski definition) is 1. The van der Waals surface area contributed by atoms with E-state index >= 15 is 0 Å². The zero-order valence-corrected chi connectivity index (χ0v) is 23.0. The minimum absolute atomic E-state index is 0.0598. The summed E-state index contributed by atoms with van der Waals surface area (Å²) in [6.45, 7) is 7.46. The molecule has 0 radical (unpaired) electrons. The van der Waals surface area contributed by atoms with Crippen LogP contribution in [-0.2, 0) is 28.4 Å². The predicted molar refractivity (Wildman–Crippen MR) is 141 cm³/mol. The van der Waals surface area contributed by atoms with Gasteiger partial charge in [0, 0.05) is 18.9 Å². The van der Waals surface area contributed by atoms with Gasteiger partial charge in [0.1, 0.15) is 12.7 Å². The van der Waals surface area contributed by atoms with E-state index in [1.54, 1.807) is 69.5 Å². The Hall–Kier alpha value is -2.82. The second-order valence-corrected chi connectivity index (χ2v) is 10.4. The Morgan fingerprint density at radius 2 is 1.36 bits per heavy atom. The van der Waals surface area contributed by atoms with E-state index in [4.69, 9.17) is 28.4 Å². The average molecular weight is 543 g/mol. The number of hydrogen-bond acceptors (Lipinski definition) is 9. The fraction of sp³-hybridized carbons (Fsp3) is 0.533. The minimum Gasteiger partial charge on any atom is -0.459 e. The van der Waals surface area contributed by atoms with E-state index in [-0.39, 0.29) is 18.4 Å². The molecule has 2 saturated heterocycles. The summed E-state index contributed by atoms with van der Waals surface area (Å²) in [5, 5.41) is 10.7. The van der Waals surface area contributed by atoms with Gasteiger partial charge in [-0.05, 0) is 37.1 Å². The van der Waals surface area contributed by atoms with Crippen LogP contribution in [0.2, 0.25) is 0 Å². The molecule has 0 saturated carbocycles. The van der Waals surface area contributed by atoms with E-state index in [0.717, 1.165) is 0 Å². The SMILES string of the molecule is CO[C@H]1OC(COC(=O)c2ccccc2)[C@@H](O[C@@H]2OC(C)[C@@H](O)[C@H](C)C2OC(=O)c2ccccc2)[C@H](C)C1C.